The Labute approximate surface area is 209 Å². The van der Waals surface area contributed by atoms with Gasteiger partial charge in [-0.1, -0.05) is 23.5 Å². The third-order valence-corrected chi connectivity index (χ3v) is 8.19. The first kappa shape index (κ1) is 26.3. The summed E-state index contributed by atoms with van der Waals surface area (Å²) in [4.78, 5) is 21.7. The molecule has 0 fully saturated rings. The molecule has 0 atom stereocenters. The zero-order chi connectivity index (χ0) is 25.4. The summed E-state index contributed by atoms with van der Waals surface area (Å²) in [7, 11) is -0.0666. The second-order valence-corrected chi connectivity index (χ2v) is 10.9. The molecule has 35 heavy (non-hydrogen) atoms. The lowest BCUT2D eigenvalue weighted by Crippen LogP contribution is -2.36. The van der Waals surface area contributed by atoms with Gasteiger partial charge in [0.25, 0.3) is 5.91 Å². The second kappa shape index (κ2) is 11.9. The van der Waals surface area contributed by atoms with Crippen molar-refractivity contribution >= 4 is 42.6 Å². The Bertz CT molecular complexity index is 1300. The van der Waals surface area contributed by atoms with Crippen molar-refractivity contribution in [3.8, 4) is 12.1 Å². The Balaban J connectivity index is 1.89. The topological polar surface area (TPSA) is 121 Å². The Morgan fingerprint density at radius 2 is 1.57 bits per heavy atom. The Morgan fingerprint density at radius 3 is 2.14 bits per heavy atom. The zero-order valence-electron chi connectivity index (χ0n) is 19.6. The summed E-state index contributed by atoms with van der Waals surface area (Å²) in [6, 6.07) is 17.3. The molecule has 9 nitrogen and oxygen atoms in total. The fraction of sp³-hybridized carbons (Fsp3) is 0.333. The van der Waals surface area contributed by atoms with Gasteiger partial charge < -0.3 is 4.90 Å². The van der Waals surface area contributed by atoms with Crippen LogP contribution >= 0.6 is 11.3 Å². The highest BCUT2D eigenvalue weighted by atomic mass is 32.2. The normalized spacial score (nSPS) is 11.5. The van der Waals surface area contributed by atoms with Gasteiger partial charge in [0.15, 0.2) is 5.13 Å². The van der Waals surface area contributed by atoms with Crippen molar-refractivity contribution in [3.05, 3.63) is 54.1 Å². The molecule has 0 N–H and O–H groups in total. The molecule has 3 aromatic rings. The van der Waals surface area contributed by atoms with Gasteiger partial charge in [0, 0.05) is 44.6 Å². The zero-order valence-corrected chi connectivity index (χ0v) is 21.2. The van der Waals surface area contributed by atoms with Crippen molar-refractivity contribution in [2.24, 2.45) is 0 Å². The van der Waals surface area contributed by atoms with E-state index in [-0.39, 0.29) is 36.7 Å². The Morgan fingerprint density at radius 1 is 0.943 bits per heavy atom. The highest BCUT2D eigenvalue weighted by Gasteiger charge is 2.26. The molecule has 0 saturated heterocycles. The summed E-state index contributed by atoms with van der Waals surface area (Å²) in [5.74, 6) is -0.277. The third-order valence-electron chi connectivity index (χ3n) is 5.21. The van der Waals surface area contributed by atoms with Crippen molar-refractivity contribution in [1.29, 1.82) is 10.5 Å². The summed E-state index contributed by atoms with van der Waals surface area (Å²) in [5.41, 5.74) is 1.15. The van der Waals surface area contributed by atoms with Crippen LogP contribution in [-0.4, -0.2) is 68.8 Å². The van der Waals surface area contributed by atoms with Crippen molar-refractivity contribution in [3.63, 3.8) is 0 Å². The summed E-state index contributed by atoms with van der Waals surface area (Å²) < 4.78 is 28.2. The predicted molar refractivity (Wildman–Crippen MR) is 136 cm³/mol. The number of rotatable bonds is 11. The number of fused-ring (bicyclic) bond motifs is 1. The van der Waals surface area contributed by atoms with E-state index in [1.165, 1.54) is 35.6 Å². The van der Waals surface area contributed by atoms with E-state index in [1.54, 1.807) is 4.90 Å². The van der Waals surface area contributed by atoms with Gasteiger partial charge in [0.2, 0.25) is 10.0 Å². The summed E-state index contributed by atoms with van der Waals surface area (Å²) in [6.45, 7) is 1.04. The van der Waals surface area contributed by atoms with Crippen molar-refractivity contribution in [1.82, 2.24) is 14.2 Å². The average Bonchev–Trinajstić information content (AvgIpc) is 3.27. The minimum absolute atomic E-state index is 0.00286. The number of benzene rings is 2. The number of likely N-dealkylation sites (N-methyl/N-ethyl adjacent to an activating group) is 1. The molecule has 1 heterocycles. The number of hydrogen-bond donors (Lipinski definition) is 0. The van der Waals surface area contributed by atoms with Gasteiger partial charge in [-0.2, -0.15) is 14.8 Å². The summed E-state index contributed by atoms with van der Waals surface area (Å²) in [5, 5.41) is 18.3. The van der Waals surface area contributed by atoms with Crippen molar-refractivity contribution < 1.29 is 13.2 Å². The minimum Gasteiger partial charge on any atom is -0.308 e. The van der Waals surface area contributed by atoms with Crippen LogP contribution < -0.4 is 4.90 Å². The molecule has 182 valence electrons. The smallest absolute Gasteiger partial charge is 0.260 e. The number of para-hydroxylation sites is 1. The molecule has 2 aromatic carbocycles. The first-order valence-corrected chi connectivity index (χ1v) is 13.2. The van der Waals surface area contributed by atoms with Crippen LogP contribution in [0, 0.1) is 22.7 Å². The molecule has 0 aliphatic heterocycles. The first-order chi connectivity index (χ1) is 16.8. The standard InChI is InChI=1S/C24H26N6O3S2/c1-28(2)17-18-30(24-27-21-7-3-4-8-22(21)34-24)23(31)19-9-11-20(12-10-19)35(32,33)29(15-5-13-25)16-6-14-26/h3-4,7-12H,5-6,15-18H2,1-2H3. The molecular formula is C24H26N6O3S2. The molecule has 3 rings (SSSR count). The van der Waals surface area contributed by atoms with Crippen LogP contribution in [-0.2, 0) is 10.0 Å². The molecule has 1 amide bonds. The lowest BCUT2D eigenvalue weighted by molar-refractivity contribution is 0.0985. The summed E-state index contributed by atoms with van der Waals surface area (Å²) in [6.07, 6.45) is 0.0362. The molecule has 0 spiro atoms. The predicted octanol–water partition coefficient (Wildman–Crippen LogP) is 3.32. The van der Waals surface area contributed by atoms with Gasteiger partial charge in [-0.05, 0) is 50.5 Å². The number of hydrogen-bond acceptors (Lipinski definition) is 8. The van der Waals surface area contributed by atoms with Gasteiger partial charge in [0.05, 0.1) is 27.3 Å². The SMILES string of the molecule is CN(C)CCN(C(=O)c1ccc(S(=O)(=O)N(CCC#N)CCC#N)cc1)c1nc2ccccc2s1. The maximum Gasteiger partial charge on any atom is 0.260 e. The number of sulfonamides is 1. The van der Waals surface area contributed by atoms with E-state index in [0.29, 0.717) is 23.8 Å². The van der Waals surface area contributed by atoms with Gasteiger partial charge in [0.1, 0.15) is 0 Å². The highest BCUT2D eigenvalue weighted by molar-refractivity contribution is 7.89. The van der Waals surface area contributed by atoms with E-state index >= 15 is 0 Å². The maximum atomic E-state index is 13.5. The van der Waals surface area contributed by atoms with E-state index in [9.17, 15) is 13.2 Å². The van der Waals surface area contributed by atoms with Gasteiger partial charge in [-0.15, -0.1) is 0 Å². The number of thiazole rings is 1. The fourth-order valence-electron chi connectivity index (χ4n) is 3.34. The molecular weight excluding hydrogens is 484 g/mol. The fourth-order valence-corrected chi connectivity index (χ4v) is 5.77. The van der Waals surface area contributed by atoms with E-state index in [0.717, 1.165) is 14.5 Å². The summed E-state index contributed by atoms with van der Waals surface area (Å²) >= 11 is 1.43. The number of anilines is 1. The van der Waals surface area contributed by atoms with Crippen molar-refractivity contribution in [2.75, 3.05) is 45.2 Å². The van der Waals surface area contributed by atoms with Crippen LogP contribution in [0.25, 0.3) is 10.2 Å². The molecule has 11 heteroatoms. The number of amides is 1. The lowest BCUT2D eigenvalue weighted by atomic mass is 10.2. The molecule has 0 radical (unpaired) electrons. The number of carbonyl (C=O) groups is 1. The molecule has 0 unspecified atom stereocenters. The number of carbonyl (C=O) groups excluding carboxylic acids is 1. The lowest BCUT2D eigenvalue weighted by Gasteiger charge is -2.22. The van der Waals surface area contributed by atoms with Crippen LogP contribution in [0.3, 0.4) is 0 Å². The third kappa shape index (κ3) is 6.41. The number of nitriles is 2. The van der Waals surface area contributed by atoms with Crippen LogP contribution in [0.15, 0.2) is 53.4 Å². The van der Waals surface area contributed by atoms with Crippen molar-refractivity contribution in [2.45, 2.75) is 17.7 Å². The number of nitrogens with zero attached hydrogens (tertiary/aromatic N) is 6. The second-order valence-electron chi connectivity index (χ2n) is 7.97. The number of aromatic nitrogens is 1. The molecule has 1 aromatic heterocycles. The quantitative estimate of drug-likeness (QED) is 0.388. The monoisotopic (exact) mass is 510 g/mol. The minimum atomic E-state index is -3.91. The van der Waals surface area contributed by atoms with Crippen LogP contribution in [0.1, 0.15) is 23.2 Å². The van der Waals surface area contributed by atoms with Crippen LogP contribution in [0.2, 0.25) is 0 Å². The van der Waals surface area contributed by atoms with Crippen LogP contribution in [0.5, 0.6) is 0 Å². The first-order valence-electron chi connectivity index (χ1n) is 10.9. The van der Waals surface area contributed by atoms with E-state index in [2.05, 4.69) is 4.98 Å². The molecule has 0 aliphatic rings. The highest BCUT2D eigenvalue weighted by Crippen LogP contribution is 2.29. The van der Waals surface area contributed by atoms with Gasteiger partial charge in [-0.25, -0.2) is 13.4 Å². The largest absolute Gasteiger partial charge is 0.308 e. The van der Waals surface area contributed by atoms with E-state index < -0.39 is 10.0 Å². The van der Waals surface area contributed by atoms with Crippen LogP contribution in [0.4, 0.5) is 5.13 Å². The van der Waals surface area contributed by atoms with Gasteiger partial charge >= 0.3 is 0 Å². The molecule has 0 aliphatic carbocycles. The maximum absolute atomic E-state index is 13.5. The van der Waals surface area contributed by atoms with E-state index in [4.69, 9.17) is 10.5 Å². The molecule has 0 saturated carbocycles. The average molecular weight is 511 g/mol. The Kier molecular flexibility index (Phi) is 8.90. The van der Waals surface area contributed by atoms with E-state index in [1.807, 2.05) is 55.4 Å². The molecule has 0 bridgehead atoms. The van der Waals surface area contributed by atoms with Gasteiger partial charge in [-0.3, -0.25) is 9.69 Å². The Hall–Kier alpha value is -3.35.